The van der Waals surface area contributed by atoms with Crippen molar-refractivity contribution in [2.45, 2.75) is 44.6 Å². The van der Waals surface area contributed by atoms with Gasteiger partial charge in [0.25, 0.3) is 0 Å². The first kappa shape index (κ1) is 8.24. The summed E-state index contributed by atoms with van der Waals surface area (Å²) in [5.74, 6) is 0.866. The molecule has 0 aromatic rings. The number of carbonyl (C=O) groups is 1. The van der Waals surface area contributed by atoms with Gasteiger partial charge in [-0.2, -0.15) is 0 Å². The van der Waals surface area contributed by atoms with Crippen LogP contribution in [0.1, 0.15) is 39.0 Å². The molecule has 1 saturated heterocycles. The number of ketones is 1. The fourth-order valence-corrected chi connectivity index (χ4v) is 2.53. The highest BCUT2D eigenvalue weighted by atomic mass is 16.5. The van der Waals surface area contributed by atoms with Crippen molar-refractivity contribution in [2.24, 2.45) is 5.92 Å². The smallest absolute Gasteiger partial charge is 0.133 e. The van der Waals surface area contributed by atoms with Gasteiger partial charge in [-0.15, -0.1) is 0 Å². The van der Waals surface area contributed by atoms with Crippen molar-refractivity contribution >= 4 is 5.78 Å². The number of carbonyl (C=O) groups excluding carboxylic acids is 1. The van der Waals surface area contributed by atoms with Crippen LogP contribution in [0.5, 0.6) is 0 Å². The first-order chi connectivity index (χ1) is 5.73. The SMILES string of the molecule is C[C@H]1CC(=O)CC[C@@]12CCCO2. The third-order valence-corrected chi connectivity index (χ3v) is 3.39. The van der Waals surface area contributed by atoms with E-state index in [4.69, 9.17) is 4.74 Å². The monoisotopic (exact) mass is 168 g/mol. The molecule has 2 aliphatic rings. The predicted molar refractivity (Wildman–Crippen MR) is 45.9 cm³/mol. The van der Waals surface area contributed by atoms with Crippen LogP contribution in [-0.4, -0.2) is 18.0 Å². The van der Waals surface area contributed by atoms with E-state index in [9.17, 15) is 4.79 Å². The summed E-state index contributed by atoms with van der Waals surface area (Å²) in [5, 5.41) is 0. The van der Waals surface area contributed by atoms with E-state index >= 15 is 0 Å². The van der Waals surface area contributed by atoms with Gasteiger partial charge >= 0.3 is 0 Å². The molecule has 2 heteroatoms. The van der Waals surface area contributed by atoms with Crippen LogP contribution in [0.4, 0.5) is 0 Å². The summed E-state index contributed by atoms with van der Waals surface area (Å²) in [5.41, 5.74) is 0.0912. The van der Waals surface area contributed by atoms with E-state index in [0.717, 1.165) is 25.9 Å². The molecule has 0 N–H and O–H groups in total. The Balaban J connectivity index is 2.10. The van der Waals surface area contributed by atoms with Crippen molar-refractivity contribution in [2.75, 3.05) is 6.61 Å². The third-order valence-electron chi connectivity index (χ3n) is 3.39. The molecular formula is C10H16O2. The molecule has 0 radical (unpaired) electrons. The molecule has 0 bridgehead atoms. The maximum atomic E-state index is 11.2. The average Bonchev–Trinajstić information content (AvgIpc) is 2.48. The quantitative estimate of drug-likeness (QED) is 0.552. The Kier molecular flexibility index (Phi) is 1.95. The van der Waals surface area contributed by atoms with Crippen LogP contribution in [0.2, 0.25) is 0 Å². The molecule has 0 aromatic carbocycles. The Labute approximate surface area is 73.3 Å². The number of ether oxygens (including phenoxy) is 1. The molecular weight excluding hydrogens is 152 g/mol. The van der Waals surface area contributed by atoms with Crippen molar-refractivity contribution in [1.29, 1.82) is 0 Å². The number of hydrogen-bond acceptors (Lipinski definition) is 2. The lowest BCUT2D eigenvalue weighted by Gasteiger charge is -2.37. The number of Topliss-reactive ketones (excluding diaryl/α,β-unsaturated/α-hetero) is 1. The van der Waals surface area contributed by atoms with Crippen molar-refractivity contribution in [1.82, 2.24) is 0 Å². The van der Waals surface area contributed by atoms with E-state index in [1.54, 1.807) is 0 Å². The van der Waals surface area contributed by atoms with Crippen LogP contribution in [0.15, 0.2) is 0 Å². The second kappa shape index (κ2) is 2.84. The topological polar surface area (TPSA) is 26.3 Å². The fraction of sp³-hybridized carbons (Fsp3) is 0.900. The highest BCUT2D eigenvalue weighted by molar-refractivity contribution is 5.79. The predicted octanol–water partition coefficient (Wildman–Crippen LogP) is 1.92. The van der Waals surface area contributed by atoms with Gasteiger partial charge in [-0.1, -0.05) is 6.92 Å². The molecule has 2 rings (SSSR count). The number of rotatable bonds is 0. The molecule has 2 atom stereocenters. The molecule has 1 spiro atoms. The van der Waals surface area contributed by atoms with E-state index in [2.05, 4.69) is 6.92 Å². The molecule has 1 aliphatic carbocycles. The normalized spacial score (nSPS) is 42.4. The second-order valence-corrected chi connectivity index (χ2v) is 4.16. The van der Waals surface area contributed by atoms with Gasteiger partial charge in [-0.25, -0.2) is 0 Å². The van der Waals surface area contributed by atoms with E-state index < -0.39 is 0 Å². The van der Waals surface area contributed by atoms with Crippen molar-refractivity contribution in [3.8, 4) is 0 Å². The molecule has 0 amide bonds. The summed E-state index contributed by atoms with van der Waals surface area (Å²) in [6.07, 6.45) is 4.79. The average molecular weight is 168 g/mol. The molecule has 1 saturated carbocycles. The van der Waals surface area contributed by atoms with Gasteiger partial charge in [0.2, 0.25) is 0 Å². The van der Waals surface area contributed by atoms with Crippen molar-refractivity contribution < 1.29 is 9.53 Å². The van der Waals surface area contributed by atoms with Crippen LogP contribution >= 0.6 is 0 Å². The Morgan fingerprint density at radius 2 is 2.33 bits per heavy atom. The Hall–Kier alpha value is -0.370. The molecule has 68 valence electrons. The van der Waals surface area contributed by atoms with Gasteiger partial charge in [-0.05, 0) is 25.2 Å². The van der Waals surface area contributed by atoms with Gasteiger partial charge in [0.15, 0.2) is 0 Å². The summed E-state index contributed by atoms with van der Waals surface area (Å²) in [4.78, 5) is 11.2. The molecule has 1 aliphatic heterocycles. The highest BCUT2D eigenvalue weighted by Crippen LogP contribution is 2.42. The minimum Gasteiger partial charge on any atom is -0.375 e. The Morgan fingerprint density at radius 1 is 1.50 bits per heavy atom. The maximum absolute atomic E-state index is 11.2. The summed E-state index contributed by atoms with van der Waals surface area (Å²) in [6, 6.07) is 0. The van der Waals surface area contributed by atoms with Gasteiger partial charge in [0, 0.05) is 19.4 Å². The molecule has 2 nitrogen and oxygen atoms in total. The van der Waals surface area contributed by atoms with Gasteiger partial charge in [0.05, 0.1) is 5.60 Å². The van der Waals surface area contributed by atoms with Crippen LogP contribution in [0.25, 0.3) is 0 Å². The van der Waals surface area contributed by atoms with Crippen LogP contribution in [0.3, 0.4) is 0 Å². The third kappa shape index (κ3) is 1.18. The lowest BCUT2D eigenvalue weighted by molar-refractivity contribution is -0.131. The number of hydrogen-bond donors (Lipinski definition) is 0. The molecule has 12 heavy (non-hydrogen) atoms. The van der Waals surface area contributed by atoms with Crippen molar-refractivity contribution in [3.05, 3.63) is 0 Å². The van der Waals surface area contributed by atoms with Crippen LogP contribution in [0, 0.1) is 5.92 Å². The summed E-state index contributed by atoms with van der Waals surface area (Å²) < 4.78 is 5.79. The zero-order valence-electron chi connectivity index (χ0n) is 7.64. The molecule has 0 unspecified atom stereocenters. The summed E-state index contributed by atoms with van der Waals surface area (Å²) in [6.45, 7) is 3.06. The maximum Gasteiger partial charge on any atom is 0.133 e. The summed E-state index contributed by atoms with van der Waals surface area (Å²) >= 11 is 0. The minimum absolute atomic E-state index is 0.0912. The van der Waals surface area contributed by atoms with E-state index in [1.807, 2.05) is 0 Å². The highest BCUT2D eigenvalue weighted by Gasteiger charge is 2.43. The van der Waals surface area contributed by atoms with Crippen molar-refractivity contribution in [3.63, 3.8) is 0 Å². The largest absolute Gasteiger partial charge is 0.375 e. The summed E-state index contributed by atoms with van der Waals surface area (Å²) in [7, 11) is 0. The van der Waals surface area contributed by atoms with Gasteiger partial charge in [0.1, 0.15) is 5.78 Å². The van der Waals surface area contributed by atoms with E-state index in [-0.39, 0.29) is 5.60 Å². The Morgan fingerprint density at radius 3 is 2.92 bits per heavy atom. The zero-order chi connectivity index (χ0) is 8.60. The lowest BCUT2D eigenvalue weighted by atomic mass is 9.74. The molecule has 0 aromatic heterocycles. The second-order valence-electron chi connectivity index (χ2n) is 4.16. The zero-order valence-corrected chi connectivity index (χ0v) is 7.64. The van der Waals surface area contributed by atoms with E-state index in [1.165, 1.54) is 12.8 Å². The standard InChI is InChI=1S/C10H16O2/c1-8-7-9(11)3-5-10(8)4-2-6-12-10/h8H,2-7H2,1H3/t8-,10-/m0/s1. The van der Waals surface area contributed by atoms with Crippen LogP contribution in [-0.2, 0) is 9.53 Å². The van der Waals surface area contributed by atoms with Gasteiger partial charge < -0.3 is 4.74 Å². The molecule has 1 heterocycles. The minimum atomic E-state index is 0.0912. The Bertz CT molecular complexity index is 192. The first-order valence-electron chi connectivity index (χ1n) is 4.89. The molecule has 2 fully saturated rings. The first-order valence-corrected chi connectivity index (χ1v) is 4.89. The van der Waals surface area contributed by atoms with E-state index in [0.29, 0.717) is 11.7 Å². The lowest BCUT2D eigenvalue weighted by Crippen LogP contribution is -2.41. The fourth-order valence-electron chi connectivity index (χ4n) is 2.53. The van der Waals surface area contributed by atoms with Gasteiger partial charge in [-0.3, -0.25) is 4.79 Å². The van der Waals surface area contributed by atoms with Crippen LogP contribution < -0.4 is 0 Å².